The summed E-state index contributed by atoms with van der Waals surface area (Å²) in [6, 6.07) is 0.580. The van der Waals surface area contributed by atoms with Crippen LogP contribution in [0.25, 0.3) is 0 Å². The van der Waals surface area contributed by atoms with Gasteiger partial charge in [-0.2, -0.15) is 0 Å². The average molecular weight is 192 g/mol. The number of aromatic nitrogens is 2. The standard InChI is InChI=1S/C10H16N4/c1-2-14(9-3-4-11-7-9)10-8-12-5-6-13-10/h5-6,8-9,11H,2-4,7H2,1H3. The van der Waals surface area contributed by atoms with Gasteiger partial charge in [-0.15, -0.1) is 0 Å². The molecule has 2 heterocycles. The Kier molecular flexibility index (Phi) is 2.93. The topological polar surface area (TPSA) is 41.1 Å². The van der Waals surface area contributed by atoms with E-state index in [0.717, 1.165) is 25.5 Å². The first-order valence-electron chi connectivity index (χ1n) is 5.15. The molecule has 1 saturated heterocycles. The molecule has 0 aliphatic carbocycles. The molecule has 1 unspecified atom stereocenters. The summed E-state index contributed by atoms with van der Waals surface area (Å²) in [6.45, 7) is 5.32. The molecule has 4 heteroatoms. The van der Waals surface area contributed by atoms with Crippen LogP contribution in [0.4, 0.5) is 5.82 Å². The second kappa shape index (κ2) is 4.37. The Bertz CT molecular complexity index is 269. The number of nitrogens with one attached hydrogen (secondary N) is 1. The molecule has 0 spiro atoms. The number of nitrogens with zero attached hydrogens (tertiary/aromatic N) is 3. The molecule has 76 valence electrons. The first kappa shape index (κ1) is 9.40. The molecule has 1 aromatic rings. The molecule has 1 atom stereocenters. The highest BCUT2D eigenvalue weighted by atomic mass is 15.2. The zero-order chi connectivity index (χ0) is 9.80. The molecule has 1 aliphatic rings. The molecule has 14 heavy (non-hydrogen) atoms. The van der Waals surface area contributed by atoms with Crippen molar-refractivity contribution in [1.82, 2.24) is 15.3 Å². The lowest BCUT2D eigenvalue weighted by Crippen LogP contribution is -2.37. The number of likely N-dealkylation sites (N-methyl/N-ethyl adjacent to an activating group) is 1. The van der Waals surface area contributed by atoms with Crippen LogP contribution in [0.15, 0.2) is 18.6 Å². The largest absolute Gasteiger partial charge is 0.351 e. The highest BCUT2D eigenvalue weighted by Gasteiger charge is 2.21. The third-order valence-corrected chi connectivity index (χ3v) is 2.66. The van der Waals surface area contributed by atoms with E-state index in [1.54, 1.807) is 12.4 Å². The second-order valence-corrected chi connectivity index (χ2v) is 3.50. The van der Waals surface area contributed by atoms with Crippen molar-refractivity contribution in [2.75, 3.05) is 24.5 Å². The highest BCUT2D eigenvalue weighted by Crippen LogP contribution is 2.15. The van der Waals surface area contributed by atoms with E-state index in [2.05, 4.69) is 27.1 Å². The second-order valence-electron chi connectivity index (χ2n) is 3.50. The number of hydrogen-bond acceptors (Lipinski definition) is 4. The molecule has 0 saturated carbocycles. The summed E-state index contributed by atoms with van der Waals surface area (Å²) in [6.07, 6.45) is 6.50. The first-order chi connectivity index (χ1) is 6.92. The fraction of sp³-hybridized carbons (Fsp3) is 0.600. The van der Waals surface area contributed by atoms with Crippen LogP contribution in [0.5, 0.6) is 0 Å². The van der Waals surface area contributed by atoms with Gasteiger partial charge in [0.15, 0.2) is 0 Å². The summed E-state index contributed by atoms with van der Waals surface area (Å²) < 4.78 is 0. The van der Waals surface area contributed by atoms with Crippen molar-refractivity contribution in [1.29, 1.82) is 0 Å². The highest BCUT2D eigenvalue weighted by molar-refractivity contribution is 5.36. The number of rotatable bonds is 3. The van der Waals surface area contributed by atoms with E-state index in [9.17, 15) is 0 Å². The number of hydrogen-bond donors (Lipinski definition) is 1. The zero-order valence-electron chi connectivity index (χ0n) is 8.48. The predicted octanol–water partition coefficient (Wildman–Crippen LogP) is 0.665. The lowest BCUT2D eigenvalue weighted by atomic mass is 10.2. The molecular formula is C10H16N4. The summed E-state index contributed by atoms with van der Waals surface area (Å²) in [7, 11) is 0. The Hall–Kier alpha value is -1.16. The molecule has 0 radical (unpaired) electrons. The van der Waals surface area contributed by atoms with Crippen LogP contribution >= 0.6 is 0 Å². The van der Waals surface area contributed by atoms with Crippen molar-refractivity contribution < 1.29 is 0 Å². The molecule has 2 rings (SSSR count). The first-order valence-corrected chi connectivity index (χ1v) is 5.15. The van der Waals surface area contributed by atoms with E-state index in [0.29, 0.717) is 6.04 Å². The summed E-state index contributed by atoms with van der Waals surface area (Å²) in [5.74, 6) is 0.990. The third kappa shape index (κ3) is 1.85. The third-order valence-electron chi connectivity index (χ3n) is 2.66. The predicted molar refractivity (Wildman–Crippen MR) is 56.3 cm³/mol. The normalized spacial score (nSPS) is 21.1. The molecule has 1 aromatic heterocycles. The lowest BCUT2D eigenvalue weighted by Gasteiger charge is -2.27. The van der Waals surface area contributed by atoms with Crippen molar-refractivity contribution in [3.05, 3.63) is 18.6 Å². The van der Waals surface area contributed by atoms with E-state index in [1.807, 2.05) is 6.20 Å². The molecular weight excluding hydrogens is 176 g/mol. The SMILES string of the molecule is CCN(c1cnccn1)C1CCNC1. The van der Waals surface area contributed by atoms with Crippen LogP contribution in [0.2, 0.25) is 0 Å². The van der Waals surface area contributed by atoms with E-state index in [1.165, 1.54) is 6.42 Å². The van der Waals surface area contributed by atoms with Crippen LogP contribution in [-0.2, 0) is 0 Å². The minimum Gasteiger partial charge on any atom is -0.351 e. The smallest absolute Gasteiger partial charge is 0.147 e. The molecule has 0 aromatic carbocycles. The fourth-order valence-electron chi connectivity index (χ4n) is 1.95. The maximum atomic E-state index is 4.33. The van der Waals surface area contributed by atoms with Gasteiger partial charge in [0.1, 0.15) is 5.82 Å². The van der Waals surface area contributed by atoms with E-state index >= 15 is 0 Å². The monoisotopic (exact) mass is 192 g/mol. The van der Waals surface area contributed by atoms with Gasteiger partial charge in [-0.25, -0.2) is 4.98 Å². The molecule has 1 fully saturated rings. The van der Waals surface area contributed by atoms with Gasteiger partial charge >= 0.3 is 0 Å². The Balaban J connectivity index is 2.12. The molecule has 1 aliphatic heterocycles. The van der Waals surface area contributed by atoms with Gasteiger partial charge in [0.05, 0.1) is 6.20 Å². The van der Waals surface area contributed by atoms with Gasteiger partial charge in [-0.05, 0) is 19.9 Å². The Morgan fingerprint density at radius 3 is 3.07 bits per heavy atom. The van der Waals surface area contributed by atoms with E-state index in [4.69, 9.17) is 0 Å². The van der Waals surface area contributed by atoms with Crippen LogP contribution in [-0.4, -0.2) is 35.6 Å². The fourth-order valence-corrected chi connectivity index (χ4v) is 1.95. The van der Waals surface area contributed by atoms with Gasteiger partial charge in [0.25, 0.3) is 0 Å². The lowest BCUT2D eigenvalue weighted by molar-refractivity contribution is 0.639. The van der Waals surface area contributed by atoms with Crippen LogP contribution < -0.4 is 10.2 Å². The quantitative estimate of drug-likeness (QED) is 0.764. The minimum absolute atomic E-state index is 0.580. The van der Waals surface area contributed by atoms with Gasteiger partial charge < -0.3 is 10.2 Å². The van der Waals surface area contributed by atoms with Crippen LogP contribution in [0.3, 0.4) is 0 Å². The van der Waals surface area contributed by atoms with E-state index < -0.39 is 0 Å². The zero-order valence-corrected chi connectivity index (χ0v) is 8.48. The van der Waals surface area contributed by atoms with Crippen molar-refractivity contribution in [3.8, 4) is 0 Å². The van der Waals surface area contributed by atoms with Gasteiger partial charge in [0.2, 0.25) is 0 Å². The van der Waals surface area contributed by atoms with Crippen molar-refractivity contribution in [3.63, 3.8) is 0 Å². The summed E-state index contributed by atoms with van der Waals surface area (Å²) in [5.41, 5.74) is 0. The molecule has 4 nitrogen and oxygen atoms in total. The summed E-state index contributed by atoms with van der Waals surface area (Å²) >= 11 is 0. The van der Waals surface area contributed by atoms with Crippen molar-refractivity contribution >= 4 is 5.82 Å². The molecule has 1 N–H and O–H groups in total. The minimum atomic E-state index is 0.580. The maximum absolute atomic E-state index is 4.33. The van der Waals surface area contributed by atoms with Crippen LogP contribution in [0.1, 0.15) is 13.3 Å². The average Bonchev–Trinajstić information content (AvgIpc) is 2.74. The maximum Gasteiger partial charge on any atom is 0.147 e. The van der Waals surface area contributed by atoms with Gasteiger partial charge in [-0.1, -0.05) is 0 Å². The van der Waals surface area contributed by atoms with Crippen molar-refractivity contribution in [2.24, 2.45) is 0 Å². The summed E-state index contributed by atoms with van der Waals surface area (Å²) in [5, 5.41) is 3.37. The molecule has 0 bridgehead atoms. The van der Waals surface area contributed by atoms with Crippen LogP contribution in [0, 0.1) is 0 Å². The van der Waals surface area contributed by atoms with Gasteiger partial charge in [0, 0.05) is 31.5 Å². The Morgan fingerprint density at radius 2 is 2.50 bits per heavy atom. The Morgan fingerprint density at radius 1 is 1.57 bits per heavy atom. The van der Waals surface area contributed by atoms with Gasteiger partial charge in [-0.3, -0.25) is 4.98 Å². The Labute approximate surface area is 84.4 Å². The van der Waals surface area contributed by atoms with E-state index in [-0.39, 0.29) is 0 Å². The van der Waals surface area contributed by atoms with Crippen molar-refractivity contribution in [2.45, 2.75) is 19.4 Å². The molecule has 0 amide bonds. The number of anilines is 1. The summed E-state index contributed by atoms with van der Waals surface area (Å²) in [4.78, 5) is 10.7.